The largest absolute Gasteiger partial charge is 0.497 e. The van der Waals surface area contributed by atoms with Crippen LogP contribution in [0, 0.1) is 11.3 Å². The molecule has 0 aliphatic carbocycles. The van der Waals surface area contributed by atoms with Crippen molar-refractivity contribution in [1.82, 2.24) is 9.88 Å². The van der Waals surface area contributed by atoms with Gasteiger partial charge in [0.25, 0.3) is 0 Å². The number of hydrogen-bond donors (Lipinski definition) is 1. The van der Waals surface area contributed by atoms with Crippen molar-refractivity contribution >= 4 is 10.9 Å². The van der Waals surface area contributed by atoms with E-state index in [0.717, 1.165) is 36.2 Å². The molecule has 1 N–H and O–H groups in total. The van der Waals surface area contributed by atoms with Crippen molar-refractivity contribution in [3.05, 3.63) is 29.8 Å². The number of pyridine rings is 1. The van der Waals surface area contributed by atoms with Crippen LogP contribution in [-0.4, -0.2) is 54.9 Å². The Morgan fingerprint density at radius 1 is 1.29 bits per heavy atom. The Labute approximate surface area is 142 Å². The second-order valence-corrected chi connectivity index (χ2v) is 5.37. The number of nitrogens with zero attached hydrogens (tertiary/aromatic N) is 3. The molecule has 0 bridgehead atoms. The molecule has 6 nitrogen and oxygen atoms in total. The zero-order chi connectivity index (χ0) is 17.4. The van der Waals surface area contributed by atoms with E-state index in [0.29, 0.717) is 24.6 Å². The minimum atomic E-state index is 0.156. The van der Waals surface area contributed by atoms with Gasteiger partial charge < -0.3 is 19.5 Å². The zero-order valence-electron chi connectivity index (χ0n) is 14.2. The van der Waals surface area contributed by atoms with Crippen molar-refractivity contribution < 1.29 is 14.6 Å². The molecule has 1 heterocycles. The van der Waals surface area contributed by atoms with Crippen molar-refractivity contribution in [2.24, 2.45) is 0 Å². The molecule has 0 spiro atoms. The van der Waals surface area contributed by atoms with Gasteiger partial charge in [-0.25, -0.2) is 4.98 Å². The summed E-state index contributed by atoms with van der Waals surface area (Å²) in [5.41, 5.74) is 1.18. The highest BCUT2D eigenvalue weighted by atomic mass is 16.5. The van der Waals surface area contributed by atoms with Gasteiger partial charge in [0.1, 0.15) is 17.4 Å². The van der Waals surface area contributed by atoms with Crippen LogP contribution in [0.2, 0.25) is 0 Å². The summed E-state index contributed by atoms with van der Waals surface area (Å²) in [6.07, 6.45) is 0.807. The molecule has 0 radical (unpaired) electrons. The van der Waals surface area contributed by atoms with Crippen LogP contribution in [0.4, 0.5) is 0 Å². The smallest absolute Gasteiger partial charge is 0.232 e. The summed E-state index contributed by atoms with van der Waals surface area (Å²) in [7, 11) is 1.60. The summed E-state index contributed by atoms with van der Waals surface area (Å²) in [5.74, 6) is 1.09. The van der Waals surface area contributed by atoms with Gasteiger partial charge in [-0.15, -0.1) is 0 Å². The summed E-state index contributed by atoms with van der Waals surface area (Å²) in [4.78, 5) is 6.59. The Morgan fingerprint density at radius 2 is 2.12 bits per heavy atom. The topological polar surface area (TPSA) is 78.6 Å². The first-order valence-corrected chi connectivity index (χ1v) is 8.06. The van der Waals surface area contributed by atoms with Gasteiger partial charge in [-0.1, -0.05) is 6.92 Å². The van der Waals surface area contributed by atoms with E-state index in [9.17, 15) is 5.26 Å². The minimum absolute atomic E-state index is 0.156. The second-order valence-electron chi connectivity index (χ2n) is 5.37. The van der Waals surface area contributed by atoms with E-state index in [2.05, 4.69) is 22.9 Å². The van der Waals surface area contributed by atoms with Gasteiger partial charge in [0.2, 0.25) is 5.88 Å². The molecule has 0 saturated heterocycles. The molecule has 0 amide bonds. The summed E-state index contributed by atoms with van der Waals surface area (Å²) >= 11 is 0. The number of hydrogen-bond acceptors (Lipinski definition) is 6. The number of aliphatic hydroxyl groups excluding tert-OH is 1. The van der Waals surface area contributed by atoms with Crippen LogP contribution in [0.15, 0.2) is 24.3 Å². The Bertz CT molecular complexity index is 712. The van der Waals surface area contributed by atoms with E-state index in [1.54, 1.807) is 13.2 Å². The van der Waals surface area contributed by atoms with Crippen LogP contribution >= 0.6 is 0 Å². The molecule has 0 saturated carbocycles. The number of benzene rings is 1. The molecular formula is C18H23N3O3. The monoisotopic (exact) mass is 329 g/mol. The molecule has 6 heteroatoms. The maximum atomic E-state index is 9.32. The van der Waals surface area contributed by atoms with Crippen molar-refractivity contribution in [3.63, 3.8) is 0 Å². The third-order valence-corrected chi connectivity index (χ3v) is 3.83. The number of aliphatic hydroxyl groups is 1. The molecule has 24 heavy (non-hydrogen) atoms. The number of aromatic nitrogens is 1. The van der Waals surface area contributed by atoms with Gasteiger partial charge >= 0.3 is 0 Å². The fourth-order valence-electron chi connectivity index (χ4n) is 2.48. The summed E-state index contributed by atoms with van der Waals surface area (Å²) in [6, 6.07) is 9.43. The van der Waals surface area contributed by atoms with E-state index in [-0.39, 0.29) is 6.61 Å². The van der Waals surface area contributed by atoms with Gasteiger partial charge in [-0.3, -0.25) is 0 Å². The lowest BCUT2D eigenvalue weighted by molar-refractivity contribution is 0.188. The van der Waals surface area contributed by atoms with Crippen LogP contribution in [0.5, 0.6) is 11.6 Å². The van der Waals surface area contributed by atoms with Crippen LogP contribution < -0.4 is 9.47 Å². The summed E-state index contributed by atoms with van der Waals surface area (Å²) in [5, 5.41) is 19.1. The fraction of sp³-hybridized carbons (Fsp3) is 0.444. The lowest BCUT2D eigenvalue weighted by Crippen LogP contribution is -2.28. The van der Waals surface area contributed by atoms with E-state index in [1.165, 1.54) is 0 Å². The molecule has 1 aromatic carbocycles. The van der Waals surface area contributed by atoms with Crippen LogP contribution in [0.1, 0.15) is 18.9 Å². The highest BCUT2D eigenvalue weighted by Crippen LogP contribution is 2.25. The molecular weight excluding hydrogens is 306 g/mol. The molecule has 0 aliphatic heterocycles. The van der Waals surface area contributed by atoms with E-state index in [1.807, 2.05) is 18.2 Å². The average molecular weight is 329 g/mol. The van der Waals surface area contributed by atoms with Crippen LogP contribution in [0.25, 0.3) is 10.9 Å². The van der Waals surface area contributed by atoms with Gasteiger partial charge in [-0.2, -0.15) is 5.26 Å². The first-order valence-electron chi connectivity index (χ1n) is 8.06. The third kappa shape index (κ3) is 4.57. The molecule has 0 fully saturated rings. The number of ether oxygens (including phenoxy) is 2. The minimum Gasteiger partial charge on any atom is -0.497 e. The number of methoxy groups -OCH3 is 1. The highest BCUT2D eigenvalue weighted by molar-refractivity contribution is 5.82. The van der Waals surface area contributed by atoms with Gasteiger partial charge in [0.05, 0.1) is 25.8 Å². The van der Waals surface area contributed by atoms with Gasteiger partial charge in [0.15, 0.2) is 0 Å². The maximum Gasteiger partial charge on any atom is 0.232 e. The predicted molar refractivity (Wildman–Crippen MR) is 92.3 cm³/mol. The van der Waals surface area contributed by atoms with E-state index < -0.39 is 0 Å². The molecule has 0 aliphatic rings. The summed E-state index contributed by atoms with van der Waals surface area (Å²) in [6.45, 7) is 5.08. The Hall–Kier alpha value is -2.36. The first-order chi connectivity index (χ1) is 11.7. The number of rotatable bonds is 9. The quantitative estimate of drug-likeness (QED) is 0.711. The fourth-order valence-corrected chi connectivity index (χ4v) is 2.48. The maximum absolute atomic E-state index is 9.32. The Kier molecular flexibility index (Phi) is 6.79. The van der Waals surface area contributed by atoms with Crippen LogP contribution in [0.3, 0.4) is 0 Å². The van der Waals surface area contributed by atoms with Crippen molar-refractivity contribution in [1.29, 1.82) is 5.26 Å². The predicted octanol–water partition coefficient (Wildman–Crippen LogP) is 2.20. The molecule has 2 aromatic rings. The van der Waals surface area contributed by atoms with Crippen molar-refractivity contribution in [2.75, 3.05) is 40.0 Å². The first kappa shape index (κ1) is 18.0. The highest BCUT2D eigenvalue weighted by Gasteiger charge is 2.09. The molecule has 2 rings (SSSR count). The number of likely N-dealkylation sites (N-methyl/N-ethyl adjacent to an activating group) is 1. The molecule has 1 aromatic heterocycles. The average Bonchev–Trinajstić information content (AvgIpc) is 2.62. The second kappa shape index (κ2) is 9.06. The number of fused-ring (bicyclic) bond motifs is 1. The lowest BCUT2D eigenvalue weighted by atomic mass is 10.1. The van der Waals surface area contributed by atoms with Crippen LogP contribution in [-0.2, 0) is 0 Å². The third-order valence-electron chi connectivity index (χ3n) is 3.83. The standard InChI is InChI=1S/C18H23N3O3/c1-3-21(8-9-22)7-4-10-24-18-15(13-19)11-14-12-16(23-2)5-6-17(14)20-18/h5-6,11-12,22H,3-4,7-10H2,1-2H3. The SMILES string of the molecule is CCN(CCO)CCCOc1nc2ccc(OC)cc2cc1C#N. The Morgan fingerprint density at radius 3 is 2.79 bits per heavy atom. The molecule has 128 valence electrons. The van der Waals surface area contributed by atoms with E-state index >= 15 is 0 Å². The zero-order valence-corrected chi connectivity index (χ0v) is 14.2. The number of nitriles is 1. The van der Waals surface area contributed by atoms with Gasteiger partial charge in [0, 0.05) is 18.5 Å². The molecule has 0 unspecified atom stereocenters. The van der Waals surface area contributed by atoms with Crippen molar-refractivity contribution in [2.45, 2.75) is 13.3 Å². The van der Waals surface area contributed by atoms with Gasteiger partial charge in [-0.05, 0) is 37.2 Å². The van der Waals surface area contributed by atoms with E-state index in [4.69, 9.17) is 14.6 Å². The Balaban J connectivity index is 2.04. The van der Waals surface area contributed by atoms with Crippen molar-refractivity contribution in [3.8, 4) is 17.7 Å². The molecule has 0 atom stereocenters. The lowest BCUT2D eigenvalue weighted by Gasteiger charge is -2.18. The summed E-state index contributed by atoms with van der Waals surface area (Å²) < 4.78 is 10.9. The normalized spacial score (nSPS) is 10.8.